The van der Waals surface area contributed by atoms with Gasteiger partial charge in [0.05, 0.1) is 17.7 Å². The summed E-state index contributed by atoms with van der Waals surface area (Å²) in [5, 5.41) is 5.31. The molecule has 3 aromatic heterocycles. The normalized spacial score (nSPS) is 17.8. The molecule has 1 fully saturated rings. The number of nitrogens with zero attached hydrogens (tertiary/aromatic N) is 6. The average Bonchev–Trinajstić information content (AvgIpc) is 3.03. The van der Waals surface area contributed by atoms with Crippen LogP contribution in [0.15, 0.2) is 30.7 Å². The highest BCUT2D eigenvalue weighted by Crippen LogP contribution is 2.27. The van der Waals surface area contributed by atoms with Crippen molar-refractivity contribution in [1.29, 1.82) is 0 Å². The van der Waals surface area contributed by atoms with Gasteiger partial charge >= 0.3 is 0 Å². The number of likely N-dealkylation sites (N-methyl/N-ethyl adjacent to an activating group) is 1. The summed E-state index contributed by atoms with van der Waals surface area (Å²) in [6, 6.07) is 3.87. The maximum absolute atomic E-state index is 5.89. The molecule has 0 bridgehead atoms. The predicted octanol–water partition coefficient (Wildman–Crippen LogP) is 2.43. The van der Waals surface area contributed by atoms with Gasteiger partial charge in [-0.25, -0.2) is 9.97 Å². The average molecular weight is 338 g/mol. The molecule has 3 aromatic rings. The smallest absolute Gasteiger partial charge is 0.165 e. The van der Waals surface area contributed by atoms with E-state index < -0.39 is 0 Å². The third-order valence-corrected chi connectivity index (χ3v) is 4.60. The Balaban J connectivity index is 1.73. The third kappa shape index (κ3) is 3.19. The highest BCUT2D eigenvalue weighted by molar-refractivity contribution is 5.88. The first-order valence-corrected chi connectivity index (χ1v) is 8.65. The van der Waals surface area contributed by atoms with E-state index >= 15 is 0 Å². The molecule has 0 saturated carbocycles. The Morgan fingerprint density at radius 2 is 2.20 bits per heavy atom. The largest absolute Gasteiger partial charge is 0.376 e. The van der Waals surface area contributed by atoms with E-state index in [0.717, 1.165) is 48.4 Å². The SMILES string of the molecule is CN(C[C@H]1CCCCO1)c1nc(-c2cccnc2)nc2c1cnn2C. The number of hydrogen-bond acceptors (Lipinski definition) is 6. The van der Waals surface area contributed by atoms with Crippen molar-refractivity contribution in [3.63, 3.8) is 0 Å². The van der Waals surface area contributed by atoms with E-state index in [1.54, 1.807) is 17.1 Å². The minimum Gasteiger partial charge on any atom is -0.376 e. The van der Waals surface area contributed by atoms with Gasteiger partial charge in [0.1, 0.15) is 5.82 Å². The first-order valence-electron chi connectivity index (χ1n) is 8.65. The fourth-order valence-electron chi connectivity index (χ4n) is 3.27. The van der Waals surface area contributed by atoms with Crippen molar-refractivity contribution < 1.29 is 4.74 Å². The van der Waals surface area contributed by atoms with E-state index in [1.165, 1.54) is 6.42 Å². The molecule has 0 spiro atoms. The number of ether oxygens (including phenoxy) is 1. The molecular weight excluding hydrogens is 316 g/mol. The molecule has 4 rings (SSSR count). The van der Waals surface area contributed by atoms with Crippen LogP contribution < -0.4 is 4.90 Å². The Morgan fingerprint density at radius 3 is 2.96 bits per heavy atom. The molecule has 1 atom stereocenters. The zero-order valence-electron chi connectivity index (χ0n) is 14.6. The van der Waals surface area contributed by atoms with Gasteiger partial charge in [-0.3, -0.25) is 9.67 Å². The summed E-state index contributed by atoms with van der Waals surface area (Å²) < 4.78 is 7.67. The first kappa shape index (κ1) is 16.0. The number of aryl methyl sites for hydroxylation is 1. The molecule has 0 unspecified atom stereocenters. The van der Waals surface area contributed by atoms with Crippen LogP contribution in [0.1, 0.15) is 19.3 Å². The lowest BCUT2D eigenvalue weighted by Gasteiger charge is -2.28. The molecular formula is C18H22N6O. The van der Waals surface area contributed by atoms with Gasteiger partial charge in [0.25, 0.3) is 0 Å². The molecule has 0 radical (unpaired) electrons. The molecule has 130 valence electrons. The van der Waals surface area contributed by atoms with E-state index in [9.17, 15) is 0 Å². The van der Waals surface area contributed by atoms with Crippen molar-refractivity contribution in [1.82, 2.24) is 24.7 Å². The Hall–Kier alpha value is -2.54. The maximum atomic E-state index is 5.89. The predicted molar refractivity (Wildman–Crippen MR) is 96.4 cm³/mol. The second-order valence-corrected chi connectivity index (χ2v) is 6.49. The lowest BCUT2D eigenvalue weighted by Crippen LogP contribution is -2.34. The minimum atomic E-state index is 0.252. The van der Waals surface area contributed by atoms with Crippen LogP contribution in [0.5, 0.6) is 0 Å². The summed E-state index contributed by atoms with van der Waals surface area (Å²) in [5.74, 6) is 1.54. The van der Waals surface area contributed by atoms with Crippen molar-refractivity contribution in [3.8, 4) is 11.4 Å². The quantitative estimate of drug-likeness (QED) is 0.728. The van der Waals surface area contributed by atoms with Crippen LogP contribution in [0.25, 0.3) is 22.4 Å². The molecule has 4 heterocycles. The molecule has 1 aliphatic rings. The van der Waals surface area contributed by atoms with Crippen LogP contribution in [0.4, 0.5) is 5.82 Å². The van der Waals surface area contributed by atoms with Crippen molar-refractivity contribution in [2.75, 3.05) is 25.1 Å². The molecule has 7 heteroatoms. The number of anilines is 1. The van der Waals surface area contributed by atoms with E-state index in [4.69, 9.17) is 9.72 Å². The van der Waals surface area contributed by atoms with Crippen LogP contribution in [0, 0.1) is 0 Å². The van der Waals surface area contributed by atoms with Crippen molar-refractivity contribution in [3.05, 3.63) is 30.7 Å². The topological polar surface area (TPSA) is 69.0 Å². The van der Waals surface area contributed by atoms with Crippen LogP contribution in [-0.2, 0) is 11.8 Å². The fraction of sp³-hybridized carbons (Fsp3) is 0.444. The van der Waals surface area contributed by atoms with Crippen LogP contribution in [-0.4, -0.2) is 51.0 Å². The number of rotatable bonds is 4. The standard InChI is InChI=1S/C18H22N6O/c1-23(12-14-7-3-4-9-25-14)17-15-11-20-24(2)18(15)22-16(21-17)13-6-5-8-19-10-13/h5-6,8,10-11,14H,3-4,7,9,12H2,1-2H3/t14-/m1/s1. The van der Waals surface area contributed by atoms with E-state index in [0.29, 0.717) is 5.82 Å². The molecule has 1 saturated heterocycles. The lowest BCUT2D eigenvalue weighted by molar-refractivity contribution is 0.0215. The van der Waals surface area contributed by atoms with Crippen LogP contribution in [0.2, 0.25) is 0 Å². The number of aromatic nitrogens is 5. The minimum absolute atomic E-state index is 0.252. The molecule has 0 aliphatic carbocycles. The monoisotopic (exact) mass is 338 g/mol. The molecule has 1 aliphatic heterocycles. The van der Waals surface area contributed by atoms with Gasteiger partial charge < -0.3 is 9.64 Å². The van der Waals surface area contributed by atoms with Crippen molar-refractivity contribution in [2.24, 2.45) is 7.05 Å². The Kier molecular flexibility index (Phi) is 4.31. The molecule has 0 amide bonds. The number of pyridine rings is 1. The zero-order chi connectivity index (χ0) is 17.2. The van der Waals surface area contributed by atoms with Gasteiger partial charge in [-0.05, 0) is 31.4 Å². The van der Waals surface area contributed by atoms with Gasteiger partial charge in [-0.1, -0.05) is 0 Å². The van der Waals surface area contributed by atoms with Crippen LogP contribution >= 0.6 is 0 Å². The maximum Gasteiger partial charge on any atom is 0.165 e. The summed E-state index contributed by atoms with van der Waals surface area (Å²) in [6.07, 6.45) is 9.10. The molecule has 7 nitrogen and oxygen atoms in total. The zero-order valence-corrected chi connectivity index (χ0v) is 14.6. The molecule has 0 aromatic carbocycles. The van der Waals surface area contributed by atoms with Gasteiger partial charge in [-0.2, -0.15) is 5.10 Å². The van der Waals surface area contributed by atoms with E-state index in [-0.39, 0.29) is 6.10 Å². The summed E-state index contributed by atoms with van der Waals surface area (Å²) in [7, 11) is 3.95. The van der Waals surface area contributed by atoms with Gasteiger partial charge in [0.2, 0.25) is 0 Å². The van der Waals surface area contributed by atoms with Crippen LogP contribution in [0.3, 0.4) is 0 Å². The summed E-state index contributed by atoms with van der Waals surface area (Å²) >= 11 is 0. The fourth-order valence-corrected chi connectivity index (χ4v) is 3.27. The van der Waals surface area contributed by atoms with Gasteiger partial charge in [0, 0.05) is 45.2 Å². The highest BCUT2D eigenvalue weighted by Gasteiger charge is 2.20. The second-order valence-electron chi connectivity index (χ2n) is 6.49. The Morgan fingerprint density at radius 1 is 1.28 bits per heavy atom. The van der Waals surface area contributed by atoms with Gasteiger partial charge in [-0.15, -0.1) is 0 Å². The summed E-state index contributed by atoms with van der Waals surface area (Å²) in [4.78, 5) is 15.8. The van der Waals surface area contributed by atoms with Gasteiger partial charge in [0.15, 0.2) is 11.5 Å². The summed E-state index contributed by atoms with van der Waals surface area (Å²) in [5.41, 5.74) is 1.72. The summed E-state index contributed by atoms with van der Waals surface area (Å²) in [6.45, 7) is 1.67. The van der Waals surface area contributed by atoms with E-state index in [1.807, 2.05) is 25.4 Å². The Bertz CT molecular complexity index is 857. The molecule has 25 heavy (non-hydrogen) atoms. The highest BCUT2D eigenvalue weighted by atomic mass is 16.5. The number of fused-ring (bicyclic) bond motifs is 1. The molecule has 0 N–H and O–H groups in total. The second kappa shape index (κ2) is 6.76. The first-order chi connectivity index (χ1) is 12.2. The Labute approximate surface area is 146 Å². The van der Waals surface area contributed by atoms with Crippen molar-refractivity contribution >= 4 is 16.9 Å². The lowest BCUT2D eigenvalue weighted by atomic mass is 10.1. The van der Waals surface area contributed by atoms with E-state index in [2.05, 4.69) is 27.0 Å². The number of hydrogen-bond donors (Lipinski definition) is 0. The van der Waals surface area contributed by atoms with Crippen molar-refractivity contribution in [2.45, 2.75) is 25.4 Å². The third-order valence-electron chi connectivity index (χ3n) is 4.60.